The number of amides is 1. The number of hydrogen-bond acceptors (Lipinski definition) is 1. The molecule has 0 spiro atoms. The number of rotatable bonds is 3. The van der Waals surface area contributed by atoms with Crippen molar-refractivity contribution in [3.05, 3.63) is 36.0 Å². The first kappa shape index (κ1) is 12.3. The lowest BCUT2D eigenvalue weighted by Gasteiger charge is -2.23. The summed E-state index contributed by atoms with van der Waals surface area (Å²) in [6.45, 7) is 3.06. The first-order valence-corrected chi connectivity index (χ1v) is 7.02. The Kier molecular flexibility index (Phi) is 3.05. The molecule has 0 saturated heterocycles. The lowest BCUT2D eigenvalue weighted by molar-refractivity contribution is 0.0934. The van der Waals surface area contributed by atoms with E-state index in [1.165, 1.54) is 25.7 Å². The Labute approximate surface area is 113 Å². The highest BCUT2D eigenvalue weighted by Crippen LogP contribution is 2.36. The summed E-state index contributed by atoms with van der Waals surface area (Å²) < 4.78 is 0. The van der Waals surface area contributed by atoms with E-state index in [9.17, 15) is 4.79 Å². The van der Waals surface area contributed by atoms with Crippen LogP contribution >= 0.6 is 0 Å². The zero-order valence-corrected chi connectivity index (χ0v) is 11.3. The number of nitrogens with one attached hydrogen (secondary N) is 2. The molecule has 3 heteroatoms. The van der Waals surface area contributed by atoms with Crippen LogP contribution in [0.15, 0.2) is 30.5 Å². The van der Waals surface area contributed by atoms with Gasteiger partial charge in [-0.15, -0.1) is 0 Å². The van der Waals surface area contributed by atoms with Crippen LogP contribution in [0.3, 0.4) is 0 Å². The Morgan fingerprint density at radius 2 is 2.11 bits per heavy atom. The van der Waals surface area contributed by atoms with E-state index in [0.717, 1.165) is 23.0 Å². The number of aromatic amines is 1. The lowest BCUT2D eigenvalue weighted by atomic mass is 9.89. The number of fused-ring (bicyclic) bond motifs is 1. The van der Waals surface area contributed by atoms with Crippen LogP contribution in [-0.2, 0) is 0 Å². The van der Waals surface area contributed by atoms with E-state index < -0.39 is 0 Å². The molecular formula is C16H20N2O. The molecule has 3 rings (SSSR count). The molecule has 3 nitrogen and oxygen atoms in total. The van der Waals surface area contributed by atoms with Crippen molar-refractivity contribution in [2.75, 3.05) is 6.54 Å². The van der Waals surface area contributed by atoms with Gasteiger partial charge in [0.05, 0.1) is 0 Å². The minimum Gasteiger partial charge on any atom is -0.361 e. The van der Waals surface area contributed by atoms with Crippen LogP contribution in [0.4, 0.5) is 0 Å². The van der Waals surface area contributed by atoms with Crippen LogP contribution in [0.5, 0.6) is 0 Å². The van der Waals surface area contributed by atoms with Crippen molar-refractivity contribution in [1.82, 2.24) is 10.3 Å². The molecule has 0 atom stereocenters. The van der Waals surface area contributed by atoms with Crippen molar-refractivity contribution < 1.29 is 4.79 Å². The van der Waals surface area contributed by atoms with Crippen molar-refractivity contribution in [2.45, 2.75) is 32.6 Å². The van der Waals surface area contributed by atoms with E-state index >= 15 is 0 Å². The zero-order chi connectivity index (χ0) is 13.3. The number of carbonyl (C=O) groups excluding carboxylic acids is 1. The predicted octanol–water partition coefficient (Wildman–Crippen LogP) is 3.48. The fourth-order valence-electron chi connectivity index (χ4n) is 3.00. The number of aromatic nitrogens is 1. The van der Waals surface area contributed by atoms with E-state index in [2.05, 4.69) is 17.2 Å². The van der Waals surface area contributed by atoms with Gasteiger partial charge >= 0.3 is 0 Å². The summed E-state index contributed by atoms with van der Waals surface area (Å²) in [6.07, 6.45) is 6.93. The third-order valence-electron chi connectivity index (χ3n) is 4.30. The molecule has 100 valence electrons. The normalized spacial score (nSPS) is 17.7. The Morgan fingerprint density at radius 3 is 2.89 bits per heavy atom. The standard InChI is InChI=1S/C16H20N2O/c1-16(7-2-3-8-16)11-18-15(19)13-4-5-14-12(10-13)6-9-17-14/h4-6,9-10,17H,2-3,7-8,11H2,1H3,(H,18,19). The molecule has 0 unspecified atom stereocenters. The second-order valence-corrected chi connectivity index (χ2v) is 5.98. The molecule has 0 aliphatic heterocycles. The maximum atomic E-state index is 12.2. The lowest BCUT2D eigenvalue weighted by Crippen LogP contribution is -2.34. The van der Waals surface area contributed by atoms with Gasteiger partial charge in [-0.3, -0.25) is 4.79 Å². The number of benzene rings is 1. The molecular weight excluding hydrogens is 236 g/mol. The minimum absolute atomic E-state index is 0.0382. The highest BCUT2D eigenvalue weighted by molar-refractivity contribution is 5.98. The molecule has 19 heavy (non-hydrogen) atoms. The van der Waals surface area contributed by atoms with Gasteiger partial charge in [0.15, 0.2) is 0 Å². The molecule has 1 aliphatic carbocycles. The third-order valence-corrected chi connectivity index (χ3v) is 4.30. The maximum absolute atomic E-state index is 12.2. The Bertz CT molecular complexity index is 594. The fourth-order valence-corrected chi connectivity index (χ4v) is 3.00. The highest BCUT2D eigenvalue weighted by Gasteiger charge is 2.28. The molecule has 0 bridgehead atoms. The van der Waals surface area contributed by atoms with E-state index in [4.69, 9.17) is 0 Å². The van der Waals surface area contributed by atoms with Crippen molar-refractivity contribution in [3.63, 3.8) is 0 Å². The van der Waals surface area contributed by atoms with Crippen LogP contribution in [0, 0.1) is 5.41 Å². The summed E-state index contributed by atoms with van der Waals surface area (Å²) in [6, 6.07) is 7.77. The van der Waals surface area contributed by atoms with E-state index in [-0.39, 0.29) is 5.91 Å². The predicted molar refractivity (Wildman–Crippen MR) is 77.2 cm³/mol. The van der Waals surface area contributed by atoms with Crippen molar-refractivity contribution in [1.29, 1.82) is 0 Å². The van der Waals surface area contributed by atoms with E-state index in [0.29, 0.717) is 5.41 Å². The molecule has 1 aromatic heterocycles. The first-order valence-electron chi connectivity index (χ1n) is 7.02. The van der Waals surface area contributed by atoms with Gasteiger partial charge in [-0.25, -0.2) is 0 Å². The highest BCUT2D eigenvalue weighted by atomic mass is 16.1. The maximum Gasteiger partial charge on any atom is 0.251 e. The van der Waals surface area contributed by atoms with Gasteiger partial charge in [-0.05, 0) is 42.5 Å². The molecule has 1 saturated carbocycles. The van der Waals surface area contributed by atoms with Crippen LogP contribution in [-0.4, -0.2) is 17.4 Å². The van der Waals surface area contributed by atoms with Crippen molar-refractivity contribution >= 4 is 16.8 Å². The summed E-state index contributed by atoms with van der Waals surface area (Å²) in [4.78, 5) is 15.3. The second-order valence-electron chi connectivity index (χ2n) is 5.98. The number of carbonyl (C=O) groups is 1. The summed E-state index contributed by atoms with van der Waals surface area (Å²) in [7, 11) is 0. The fraction of sp³-hybridized carbons (Fsp3) is 0.438. The second kappa shape index (κ2) is 4.72. The van der Waals surface area contributed by atoms with Gasteiger partial charge < -0.3 is 10.3 Å². The van der Waals surface area contributed by atoms with E-state index in [1.807, 2.05) is 30.5 Å². The minimum atomic E-state index is 0.0382. The quantitative estimate of drug-likeness (QED) is 0.867. The topological polar surface area (TPSA) is 44.9 Å². The molecule has 1 amide bonds. The summed E-state index contributed by atoms with van der Waals surface area (Å²) >= 11 is 0. The first-order chi connectivity index (χ1) is 9.16. The summed E-state index contributed by atoms with van der Waals surface area (Å²) in [5.74, 6) is 0.0382. The van der Waals surface area contributed by atoms with Gasteiger partial charge in [-0.2, -0.15) is 0 Å². The van der Waals surface area contributed by atoms with Gasteiger partial charge in [0.25, 0.3) is 5.91 Å². The van der Waals surface area contributed by atoms with Crippen LogP contribution in [0.1, 0.15) is 43.0 Å². The molecule has 1 aromatic carbocycles. The molecule has 1 heterocycles. The average molecular weight is 256 g/mol. The molecule has 2 aromatic rings. The van der Waals surface area contributed by atoms with Gasteiger partial charge in [0, 0.05) is 29.2 Å². The molecule has 1 fully saturated rings. The summed E-state index contributed by atoms with van der Waals surface area (Å²) in [5, 5.41) is 4.17. The van der Waals surface area contributed by atoms with Crippen LogP contribution in [0.2, 0.25) is 0 Å². The van der Waals surface area contributed by atoms with Gasteiger partial charge in [-0.1, -0.05) is 19.8 Å². The summed E-state index contributed by atoms with van der Waals surface area (Å²) in [5.41, 5.74) is 2.11. The molecule has 2 N–H and O–H groups in total. The Balaban J connectivity index is 1.69. The smallest absolute Gasteiger partial charge is 0.251 e. The molecule has 1 aliphatic rings. The molecule has 0 radical (unpaired) electrons. The number of H-pyrrole nitrogens is 1. The van der Waals surface area contributed by atoms with Crippen LogP contribution in [0.25, 0.3) is 10.9 Å². The van der Waals surface area contributed by atoms with Crippen LogP contribution < -0.4 is 5.32 Å². The Hall–Kier alpha value is -1.77. The van der Waals surface area contributed by atoms with Crippen molar-refractivity contribution in [2.24, 2.45) is 5.41 Å². The van der Waals surface area contributed by atoms with Gasteiger partial charge in [0.1, 0.15) is 0 Å². The van der Waals surface area contributed by atoms with E-state index in [1.54, 1.807) is 0 Å². The zero-order valence-electron chi connectivity index (χ0n) is 11.3. The Morgan fingerprint density at radius 1 is 1.32 bits per heavy atom. The largest absolute Gasteiger partial charge is 0.361 e. The third kappa shape index (κ3) is 2.50. The number of hydrogen-bond donors (Lipinski definition) is 2. The van der Waals surface area contributed by atoms with Gasteiger partial charge in [0.2, 0.25) is 0 Å². The average Bonchev–Trinajstić information content (AvgIpc) is 3.04. The van der Waals surface area contributed by atoms with Crippen molar-refractivity contribution in [3.8, 4) is 0 Å². The SMILES string of the molecule is CC1(CNC(=O)c2ccc3[nH]ccc3c2)CCCC1. The monoisotopic (exact) mass is 256 g/mol.